The molecule has 7 nitrogen and oxygen atoms in total. The van der Waals surface area contributed by atoms with Crippen LogP contribution in [0.3, 0.4) is 0 Å². The van der Waals surface area contributed by atoms with Gasteiger partial charge in [-0.2, -0.15) is 4.98 Å². The predicted octanol–water partition coefficient (Wildman–Crippen LogP) is 2.27. The first kappa shape index (κ1) is 19.5. The van der Waals surface area contributed by atoms with E-state index in [1.54, 1.807) is 7.05 Å². The Morgan fingerprint density at radius 2 is 1.76 bits per heavy atom. The van der Waals surface area contributed by atoms with Gasteiger partial charge >= 0.3 is 5.69 Å². The Balaban J connectivity index is 1.96. The normalized spacial score (nSPS) is 19.8. The number of anilines is 1. The van der Waals surface area contributed by atoms with Crippen LogP contribution >= 0.6 is 0 Å². The van der Waals surface area contributed by atoms with Gasteiger partial charge in [-0.3, -0.25) is 18.5 Å². The van der Waals surface area contributed by atoms with E-state index in [1.165, 1.54) is 28.2 Å². The van der Waals surface area contributed by atoms with Crippen molar-refractivity contribution in [2.24, 2.45) is 25.9 Å². The van der Waals surface area contributed by atoms with Crippen LogP contribution in [0.25, 0.3) is 11.2 Å². The molecule has 0 aliphatic carbocycles. The van der Waals surface area contributed by atoms with Crippen LogP contribution in [0.2, 0.25) is 0 Å². The van der Waals surface area contributed by atoms with Crippen molar-refractivity contribution in [2.45, 2.75) is 33.7 Å². The molecule has 0 saturated carbocycles. The van der Waals surface area contributed by atoms with Crippen LogP contribution in [0, 0.1) is 18.8 Å². The summed E-state index contributed by atoms with van der Waals surface area (Å²) in [7, 11) is 3.21. The zero-order chi connectivity index (χ0) is 20.9. The minimum absolute atomic E-state index is 0.299. The van der Waals surface area contributed by atoms with Crippen molar-refractivity contribution in [3.05, 3.63) is 56.2 Å². The lowest BCUT2D eigenvalue weighted by atomic mass is 9.92. The molecule has 0 amide bonds. The largest absolute Gasteiger partial charge is 0.342 e. The van der Waals surface area contributed by atoms with Crippen molar-refractivity contribution in [3.63, 3.8) is 0 Å². The molecule has 7 heteroatoms. The standard InChI is InChI=1S/C22H29N5O2/c1-14-7-6-8-17(10-14)13-27-18-19(24(4)22(29)25(5)20(18)28)23-21(27)26-11-15(2)9-16(3)12-26/h6-8,10,15-16H,9,11-13H2,1-5H3. The summed E-state index contributed by atoms with van der Waals surface area (Å²) in [4.78, 5) is 32.6. The number of fused-ring (bicyclic) bond motifs is 1. The Morgan fingerprint density at radius 3 is 2.41 bits per heavy atom. The Morgan fingerprint density at radius 1 is 1.07 bits per heavy atom. The first-order valence-electron chi connectivity index (χ1n) is 10.2. The van der Waals surface area contributed by atoms with Crippen LogP contribution in [0.1, 0.15) is 31.4 Å². The van der Waals surface area contributed by atoms with E-state index in [-0.39, 0.29) is 11.2 Å². The van der Waals surface area contributed by atoms with Crippen molar-refractivity contribution in [1.29, 1.82) is 0 Å². The Labute approximate surface area is 170 Å². The smallest absolute Gasteiger partial charge is 0.332 e. The van der Waals surface area contributed by atoms with E-state index in [4.69, 9.17) is 4.98 Å². The number of aromatic nitrogens is 4. The Bertz CT molecular complexity index is 1180. The lowest BCUT2D eigenvalue weighted by molar-refractivity contribution is 0.352. The average molecular weight is 396 g/mol. The van der Waals surface area contributed by atoms with Gasteiger partial charge in [0.1, 0.15) is 0 Å². The highest BCUT2D eigenvalue weighted by atomic mass is 16.2. The minimum Gasteiger partial charge on any atom is -0.342 e. The van der Waals surface area contributed by atoms with E-state index in [9.17, 15) is 9.59 Å². The summed E-state index contributed by atoms with van der Waals surface area (Å²) in [5, 5.41) is 0. The number of piperidine rings is 1. The molecule has 1 saturated heterocycles. The van der Waals surface area contributed by atoms with E-state index in [1.807, 2.05) is 10.6 Å². The number of rotatable bonds is 3. The topological polar surface area (TPSA) is 65.1 Å². The lowest BCUT2D eigenvalue weighted by Crippen LogP contribution is -2.40. The number of benzene rings is 1. The van der Waals surface area contributed by atoms with Crippen molar-refractivity contribution >= 4 is 17.1 Å². The summed E-state index contributed by atoms with van der Waals surface area (Å²) in [6.07, 6.45) is 1.19. The van der Waals surface area contributed by atoms with Gasteiger partial charge in [0.25, 0.3) is 5.56 Å². The molecule has 0 N–H and O–H groups in total. The summed E-state index contributed by atoms with van der Waals surface area (Å²) in [6.45, 7) is 8.91. The fraction of sp³-hybridized carbons (Fsp3) is 0.500. The summed E-state index contributed by atoms with van der Waals surface area (Å²) < 4.78 is 4.64. The number of imidazole rings is 1. The van der Waals surface area contributed by atoms with Gasteiger partial charge in [0, 0.05) is 27.2 Å². The third-order valence-corrected chi connectivity index (χ3v) is 5.90. The molecule has 154 valence electrons. The first-order chi connectivity index (χ1) is 13.8. The lowest BCUT2D eigenvalue weighted by Gasteiger charge is -2.35. The van der Waals surface area contributed by atoms with Crippen LogP contribution in [0.5, 0.6) is 0 Å². The number of aryl methyl sites for hydroxylation is 2. The highest BCUT2D eigenvalue weighted by Gasteiger charge is 2.28. The zero-order valence-electron chi connectivity index (χ0n) is 17.8. The van der Waals surface area contributed by atoms with Gasteiger partial charge in [0.2, 0.25) is 5.95 Å². The molecule has 1 aromatic carbocycles. The second-order valence-corrected chi connectivity index (χ2v) is 8.72. The third kappa shape index (κ3) is 3.39. The summed E-state index contributed by atoms with van der Waals surface area (Å²) >= 11 is 0. The molecule has 1 aliphatic rings. The highest BCUT2D eigenvalue weighted by molar-refractivity contribution is 5.75. The summed E-state index contributed by atoms with van der Waals surface area (Å²) in [5.41, 5.74) is 2.57. The Hall–Kier alpha value is -2.83. The molecule has 2 aromatic heterocycles. The first-order valence-corrected chi connectivity index (χ1v) is 10.2. The van der Waals surface area contributed by atoms with E-state index < -0.39 is 0 Å². The van der Waals surface area contributed by atoms with Crippen LogP contribution in [-0.4, -0.2) is 31.8 Å². The van der Waals surface area contributed by atoms with Crippen LogP contribution in [0.15, 0.2) is 33.9 Å². The van der Waals surface area contributed by atoms with Crippen LogP contribution in [-0.2, 0) is 20.6 Å². The van der Waals surface area contributed by atoms with Gasteiger partial charge in [0.05, 0.1) is 6.54 Å². The molecule has 3 aromatic rings. The van der Waals surface area contributed by atoms with Crippen LogP contribution < -0.4 is 16.1 Å². The van der Waals surface area contributed by atoms with E-state index in [2.05, 4.69) is 43.9 Å². The fourth-order valence-corrected chi connectivity index (χ4v) is 4.65. The monoisotopic (exact) mass is 395 g/mol. The SMILES string of the molecule is Cc1cccc(Cn2c(N3CC(C)CC(C)C3)nc3c2c(=O)n(C)c(=O)n3C)c1. The molecular formula is C22H29N5O2. The maximum Gasteiger partial charge on any atom is 0.332 e. The zero-order valence-corrected chi connectivity index (χ0v) is 17.8. The molecule has 2 unspecified atom stereocenters. The number of hydrogen-bond acceptors (Lipinski definition) is 4. The molecular weight excluding hydrogens is 366 g/mol. The maximum absolute atomic E-state index is 13.1. The Kier molecular flexibility index (Phi) is 4.84. The number of hydrogen-bond donors (Lipinski definition) is 0. The maximum atomic E-state index is 13.1. The fourth-order valence-electron chi connectivity index (χ4n) is 4.65. The predicted molar refractivity (Wildman–Crippen MR) is 116 cm³/mol. The third-order valence-electron chi connectivity index (χ3n) is 5.90. The second-order valence-electron chi connectivity index (χ2n) is 8.72. The highest BCUT2D eigenvalue weighted by Crippen LogP contribution is 2.28. The van der Waals surface area contributed by atoms with Crippen molar-refractivity contribution in [1.82, 2.24) is 18.7 Å². The van der Waals surface area contributed by atoms with Gasteiger partial charge in [-0.25, -0.2) is 4.79 Å². The summed E-state index contributed by atoms with van der Waals surface area (Å²) in [6, 6.07) is 8.29. The molecule has 2 atom stereocenters. The molecule has 4 rings (SSSR count). The van der Waals surface area contributed by atoms with Gasteiger partial charge in [-0.1, -0.05) is 43.7 Å². The van der Waals surface area contributed by atoms with Gasteiger partial charge in [0.15, 0.2) is 11.2 Å². The van der Waals surface area contributed by atoms with Gasteiger partial charge in [-0.15, -0.1) is 0 Å². The quantitative estimate of drug-likeness (QED) is 0.682. The molecule has 29 heavy (non-hydrogen) atoms. The minimum atomic E-state index is -0.352. The van der Waals surface area contributed by atoms with Crippen LogP contribution in [0.4, 0.5) is 5.95 Å². The van der Waals surface area contributed by atoms with Crippen molar-refractivity contribution in [2.75, 3.05) is 18.0 Å². The molecule has 0 spiro atoms. The van der Waals surface area contributed by atoms with E-state index >= 15 is 0 Å². The molecule has 1 fully saturated rings. The van der Waals surface area contributed by atoms with Crippen molar-refractivity contribution < 1.29 is 0 Å². The average Bonchev–Trinajstić information content (AvgIpc) is 3.03. The van der Waals surface area contributed by atoms with Gasteiger partial charge < -0.3 is 4.90 Å². The van der Waals surface area contributed by atoms with E-state index in [0.29, 0.717) is 29.5 Å². The second kappa shape index (κ2) is 7.21. The number of nitrogens with zero attached hydrogens (tertiary/aromatic N) is 5. The molecule has 3 heterocycles. The van der Waals surface area contributed by atoms with E-state index in [0.717, 1.165) is 24.6 Å². The van der Waals surface area contributed by atoms with Gasteiger partial charge in [-0.05, 0) is 30.7 Å². The molecule has 0 radical (unpaired) electrons. The summed E-state index contributed by atoms with van der Waals surface area (Å²) in [5.74, 6) is 1.88. The molecule has 1 aliphatic heterocycles. The van der Waals surface area contributed by atoms with Crippen molar-refractivity contribution in [3.8, 4) is 0 Å². The molecule has 0 bridgehead atoms.